The van der Waals surface area contributed by atoms with Gasteiger partial charge in [0.25, 0.3) is 0 Å². The van der Waals surface area contributed by atoms with Crippen molar-refractivity contribution in [2.45, 2.75) is 64.4 Å². The summed E-state index contributed by atoms with van der Waals surface area (Å²) >= 11 is 0. The molecule has 3 rings (SSSR count). The predicted octanol–water partition coefficient (Wildman–Crippen LogP) is 3.81. The minimum Gasteiger partial charge on any atom is -0.380 e. The van der Waals surface area contributed by atoms with Crippen LogP contribution in [-0.4, -0.2) is 39.1 Å². The third-order valence-electron chi connectivity index (χ3n) is 5.34. The first-order chi connectivity index (χ1) is 10.3. The van der Waals surface area contributed by atoms with Gasteiger partial charge in [-0.3, -0.25) is 0 Å². The van der Waals surface area contributed by atoms with Gasteiger partial charge < -0.3 is 14.2 Å². The predicted molar refractivity (Wildman–Crippen MR) is 83.4 cm³/mol. The van der Waals surface area contributed by atoms with Crippen LogP contribution in [0, 0.1) is 17.3 Å². The van der Waals surface area contributed by atoms with Gasteiger partial charge in [0.1, 0.15) is 6.10 Å². The minimum atomic E-state index is 0.235. The zero-order valence-electron chi connectivity index (χ0n) is 13.6. The van der Waals surface area contributed by atoms with Crippen molar-refractivity contribution >= 4 is 0 Å². The van der Waals surface area contributed by atoms with Crippen LogP contribution >= 0.6 is 0 Å². The topological polar surface area (TPSA) is 31.0 Å². The van der Waals surface area contributed by atoms with Crippen LogP contribution in [0.1, 0.15) is 58.3 Å². The summed E-state index contributed by atoms with van der Waals surface area (Å²) in [6.07, 6.45) is 11.2. The number of hydrogen-bond donors (Lipinski definition) is 0. The van der Waals surface area contributed by atoms with Crippen molar-refractivity contribution in [1.82, 2.24) is 0 Å². The van der Waals surface area contributed by atoms with Gasteiger partial charge in [0.05, 0.1) is 26.4 Å². The molecule has 1 saturated heterocycles. The molecule has 0 amide bonds. The summed E-state index contributed by atoms with van der Waals surface area (Å²) in [4.78, 5) is 0. The molecule has 0 aromatic rings. The van der Waals surface area contributed by atoms with Gasteiger partial charge in [-0.2, -0.15) is 0 Å². The average molecular weight is 296 g/mol. The zero-order valence-corrected chi connectivity index (χ0v) is 13.6. The van der Waals surface area contributed by atoms with Crippen molar-refractivity contribution in [1.29, 1.82) is 0 Å². The molecule has 3 heteroatoms. The highest BCUT2D eigenvalue weighted by molar-refractivity contribution is 4.82. The van der Waals surface area contributed by atoms with Crippen LogP contribution in [0.4, 0.5) is 0 Å². The Bertz CT molecular complexity index is 260. The molecule has 21 heavy (non-hydrogen) atoms. The van der Waals surface area contributed by atoms with E-state index >= 15 is 0 Å². The molecule has 0 aromatic carbocycles. The van der Waals surface area contributed by atoms with E-state index in [2.05, 4.69) is 6.92 Å². The van der Waals surface area contributed by atoms with Crippen LogP contribution in [0.25, 0.3) is 0 Å². The Morgan fingerprint density at radius 1 is 1.00 bits per heavy atom. The van der Waals surface area contributed by atoms with Crippen molar-refractivity contribution < 1.29 is 14.2 Å². The van der Waals surface area contributed by atoms with E-state index in [1.807, 2.05) is 0 Å². The smallest absolute Gasteiger partial charge is 0.104 e. The number of hydrogen-bond acceptors (Lipinski definition) is 3. The fraction of sp³-hybridized carbons (Fsp3) is 1.00. The Kier molecular flexibility index (Phi) is 5.58. The van der Waals surface area contributed by atoms with Crippen LogP contribution in [0.3, 0.4) is 0 Å². The molecular weight excluding hydrogens is 264 g/mol. The van der Waals surface area contributed by atoms with Crippen molar-refractivity contribution in [3.63, 3.8) is 0 Å². The molecule has 0 N–H and O–H groups in total. The molecule has 0 radical (unpaired) electrons. The fourth-order valence-corrected chi connectivity index (χ4v) is 3.04. The monoisotopic (exact) mass is 296 g/mol. The lowest BCUT2D eigenvalue weighted by Crippen LogP contribution is -2.33. The lowest BCUT2D eigenvalue weighted by Gasteiger charge is -2.32. The molecule has 2 atom stereocenters. The molecular formula is C18H32O3. The molecule has 1 aliphatic heterocycles. The molecule has 3 aliphatic rings. The maximum absolute atomic E-state index is 6.05. The average Bonchev–Trinajstić information content (AvgIpc) is 3.34. The molecule has 2 aliphatic carbocycles. The molecule has 2 unspecified atom stereocenters. The Labute approximate surface area is 129 Å². The Hall–Kier alpha value is -0.120. The third-order valence-corrected chi connectivity index (χ3v) is 5.34. The summed E-state index contributed by atoms with van der Waals surface area (Å²) in [5.41, 5.74) is 0.235. The fourth-order valence-electron chi connectivity index (χ4n) is 3.04. The second kappa shape index (κ2) is 7.43. The van der Waals surface area contributed by atoms with E-state index in [1.54, 1.807) is 0 Å². The van der Waals surface area contributed by atoms with E-state index in [0.29, 0.717) is 6.10 Å². The minimum absolute atomic E-state index is 0.235. The van der Waals surface area contributed by atoms with E-state index in [4.69, 9.17) is 14.2 Å². The van der Waals surface area contributed by atoms with Gasteiger partial charge in [-0.25, -0.2) is 0 Å². The Morgan fingerprint density at radius 2 is 1.67 bits per heavy atom. The first-order valence-electron chi connectivity index (χ1n) is 9.07. The third kappa shape index (κ3) is 5.88. The van der Waals surface area contributed by atoms with Crippen molar-refractivity contribution in [2.24, 2.45) is 17.3 Å². The first-order valence-corrected chi connectivity index (χ1v) is 9.07. The van der Waals surface area contributed by atoms with Gasteiger partial charge in [-0.15, -0.1) is 0 Å². The van der Waals surface area contributed by atoms with Crippen molar-refractivity contribution in [2.75, 3.05) is 33.0 Å². The van der Waals surface area contributed by atoms with E-state index < -0.39 is 0 Å². The van der Waals surface area contributed by atoms with Crippen LogP contribution in [-0.2, 0) is 14.2 Å². The summed E-state index contributed by atoms with van der Waals surface area (Å²) in [6, 6.07) is 0. The maximum Gasteiger partial charge on any atom is 0.104 e. The highest BCUT2D eigenvalue weighted by Crippen LogP contribution is 2.38. The highest BCUT2D eigenvalue weighted by atomic mass is 16.6. The summed E-state index contributed by atoms with van der Waals surface area (Å²) in [6.45, 7) is 6.66. The van der Waals surface area contributed by atoms with Crippen molar-refractivity contribution in [3.8, 4) is 0 Å². The molecule has 122 valence electrons. The Morgan fingerprint density at radius 3 is 2.24 bits per heavy atom. The lowest BCUT2D eigenvalue weighted by molar-refractivity contribution is -0.0361. The molecule has 1 heterocycles. The second-order valence-corrected chi connectivity index (χ2v) is 7.62. The van der Waals surface area contributed by atoms with Crippen molar-refractivity contribution in [3.05, 3.63) is 0 Å². The van der Waals surface area contributed by atoms with E-state index in [0.717, 1.165) is 51.3 Å². The number of rotatable bonds is 13. The normalized spacial score (nSPS) is 27.6. The number of ether oxygens (including phenoxy) is 3. The molecule has 3 fully saturated rings. The summed E-state index contributed by atoms with van der Waals surface area (Å²) in [5, 5.41) is 0. The van der Waals surface area contributed by atoms with Crippen LogP contribution in [0.15, 0.2) is 0 Å². The first kappa shape index (κ1) is 15.8. The van der Waals surface area contributed by atoms with Crippen LogP contribution in [0.5, 0.6) is 0 Å². The molecule has 3 nitrogen and oxygen atoms in total. The lowest BCUT2D eigenvalue weighted by atomic mass is 9.81. The van der Waals surface area contributed by atoms with Gasteiger partial charge in [0, 0.05) is 12.0 Å². The van der Waals surface area contributed by atoms with Gasteiger partial charge in [-0.05, 0) is 37.5 Å². The summed E-state index contributed by atoms with van der Waals surface area (Å²) in [7, 11) is 0. The molecule has 0 aromatic heterocycles. The van der Waals surface area contributed by atoms with Gasteiger partial charge >= 0.3 is 0 Å². The van der Waals surface area contributed by atoms with Gasteiger partial charge in [0.2, 0.25) is 0 Å². The number of epoxide rings is 1. The summed E-state index contributed by atoms with van der Waals surface area (Å²) in [5.74, 6) is 1.89. The standard InChI is InChI=1S/C18H32O3/c1-2-18(9-3-4-15-5-6-15,13-19-10-16-7-8-16)14-20-11-17-12-21-17/h15-17H,2-14H2,1H3. The SMILES string of the molecule is CCC(CCCC1CC1)(COCC1CC1)COCC1CO1. The largest absolute Gasteiger partial charge is 0.380 e. The van der Waals surface area contributed by atoms with E-state index in [1.165, 1.54) is 44.9 Å². The highest BCUT2D eigenvalue weighted by Gasteiger charge is 2.32. The maximum atomic E-state index is 6.05. The van der Waals surface area contributed by atoms with E-state index in [-0.39, 0.29) is 5.41 Å². The zero-order chi connectivity index (χ0) is 14.5. The molecule has 0 bridgehead atoms. The molecule has 2 saturated carbocycles. The second-order valence-electron chi connectivity index (χ2n) is 7.62. The van der Waals surface area contributed by atoms with E-state index in [9.17, 15) is 0 Å². The molecule has 0 spiro atoms. The summed E-state index contributed by atoms with van der Waals surface area (Å²) < 4.78 is 17.2. The van der Waals surface area contributed by atoms with Crippen LogP contribution in [0.2, 0.25) is 0 Å². The van der Waals surface area contributed by atoms with Crippen LogP contribution < -0.4 is 0 Å². The Balaban J connectivity index is 1.41. The van der Waals surface area contributed by atoms with Gasteiger partial charge in [-0.1, -0.05) is 32.6 Å². The van der Waals surface area contributed by atoms with Gasteiger partial charge in [0.15, 0.2) is 0 Å². The quantitative estimate of drug-likeness (QED) is 0.484.